The predicted molar refractivity (Wildman–Crippen MR) is 75.1 cm³/mol. The maximum Gasteiger partial charge on any atom is 0.154 e. The third-order valence-electron chi connectivity index (χ3n) is 2.98. The van der Waals surface area contributed by atoms with Crippen molar-refractivity contribution in [2.75, 3.05) is 18.8 Å². The van der Waals surface area contributed by atoms with E-state index in [0.717, 1.165) is 19.4 Å². The van der Waals surface area contributed by atoms with Crippen LogP contribution in [-0.2, 0) is 9.84 Å². The van der Waals surface area contributed by atoms with E-state index in [9.17, 15) is 8.42 Å². The van der Waals surface area contributed by atoms with Gasteiger partial charge in [-0.1, -0.05) is 33.6 Å². The Morgan fingerprint density at radius 3 is 2.29 bits per heavy atom. The Morgan fingerprint density at radius 1 is 1.12 bits per heavy atom. The Morgan fingerprint density at radius 2 is 1.76 bits per heavy atom. The molecule has 0 fully saturated rings. The van der Waals surface area contributed by atoms with E-state index in [1.807, 2.05) is 6.92 Å². The van der Waals surface area contributed by atoms with Crippen molar-refractivity contribution in [2.24, 2.45) is 5.92 Å². The second-order valence-corrected chi connectivity index (χ2v) is 7.81. The lowest BCUT2D eigenvalue weighted by molar-refractivity contribution is 0.550. The van der Waals surface area contributed by atoms with Crippen molar-refractivity contribution in [1.29, 1.82) is 0 Å². The van der Waals surface area contributed by atoms with Crippen molar-refractivity contribution in [3.63, 3.8) is 0 Å². The molecule has 0 saturated heterocycles. The Kier molecular flexibility index (Phi) is 8.88. The van der Waals surface area contributed by atoms with Crippen molar-refractivity contribution in [2.45, 2.75) is 58.6 Å². The van der Waals surface area contributed by atoms with Gasteiger partial charge in [0, 0.05) is 6.54 Å². The zero-order chi connectivity index (χ0) is 13.3. The lowest BCUT2D eigenvalue weighted by atomic mass is 10.2. The molecule has 0 aliphatic heterocycles. The molecule has 104 valence electrons. The van der Waals surface area contributed by atoms with Crippen LogP contribution in [0.15, 0.2) is 0 Å². The first kappa shape index (κ1) is 16.9. The molecule has 0 saturated carbocycles. The van der Waals surface area contributed by atoms with Crippen LogP contribution < -0.4 is 5.32 Å². The normalized spacial score (nSPS) is 14.2. The average Bonchev–Trinajstić information content (AvgIpc) is 2.26. The van der Waals surface area contributed by atoms with Gasteiger partial charge in [0.25, 0.3) is 0 Å². The van der Waals surface area contributed by atoms with Crippen molar-refractivity contribution in [3.8, 4) is 0 Å². The molecule has 0 rings (SSSR count). The molecule has 0 radical (unpaired) electrons. The van der Waals surface area contributed by atoms with Crippen LogP contribution in [0, 0.1) is 5.92 Å². The lowest BCUT2D eigenvalue weighted by Crippen LogP contribution is -2.33. The van der Waals surface area contributed by atoms with E-state index in [4.69, 9.17) is 0 Å². The fourth-order valence-electron chi connectivity index (χ4n) is 1.53. The second kappa shape index (κ2) is 8.92. The van der Waals surface area contributed by atoms with Crippen LogP contribution in [0.25, 0.3) is 0 Å². The molecule has 1 N–H and O–H groups in total. The van der Waals surface area contributed by atoms with Gasteiger partial charge in [0.05, 0.1) is 11.0 Å². The van der Waals surface area contributed by atoms with Gasteiger partial charge in [0.2, 0.25) is 0 Å². The summed E-state index contributed by atoms with van der Waals surface area (Å²) >= 11 is 0. The minimum absolute atomic E-state index is 0.261. The predicted octanol–water partition coefficient (Wildman–Crippen LogP) is 2.62. The third-order valence-corrected chi connectivity index (χ3v) is 5.18. The van der Waals surface area contributed by atoms with Crippen molar-refractivity contribution >= 4 is 9.84 Å². The second-order valence-electron chi connectivity index (χ2n) is 5.27. The zero-order valence-electron chi connectivity index (χ0n) is 11.8. The Bertz CT molecular complexity index is 273. The fraction of sp³-hybridized carbons (Fsp3) is 1.00. The molecule has 1 unspecified atom stereocenters. The van der Waals surface area contributed by atoms with Crippen LogP contribution in [0.1, 0.15) is 53.4 Å². The van der Waals surface area contributed by atoms with Crippen molar-refractivity contribution in [1.82, 2.24) is 5.32 Å². The molecule has 3 nitrogen and oxygen atoms in total. The van der Waals surface area contributed by atoms with E-state index in [1.165, 1.54) is 12.8 Å². The number of hydrogen-bond donors (Lipinski definition) is 1. The standard InChI is InChI=1S/C13H29NO2S/c1-5-6-7-9-14-11-13(4)17(15,16)10-8-12(2)3/h12-14H,5-11H2,1-4H3. The monoisotopic (exact) mass is 263 g/mol. The van der Waals surface area contributed by atoms with Crippen LogP contribution in [0.5, 0.6) is 0 Å². The van der Waals surface area contributed by atoms with Crippen LogP contribution in [-0.4, -0.2) is 32.5 Å². The first-order valence-electron chi connectivity index (χ1n) is 6.82. The van der Waals surface area contributed by atoms with Gasteiger partial charge in [0.15, 0.2) is 9.84 Å². The van der Waals surface area contributed by atoms with Gasteiger partial charge >= 0.3 is 0 Å². The highest BCUT2D eigenvalue weighted by molar-refractivity contribution is 7.92. The molecule has 0 aromatic rings. The van der Waals surface area contributed by atoms with Gasteiger partial charge in [-0.2, -0.15) is 0 Å². The number of hydrogen-bond acceptors (Lipinski definition) is 3. The summed E-state index contributed by atoms with van der Waals surface area (Å²) in [5.41, 5.74) is 0. The summed E-state index contributed by atoms with van der Waals surface area (Å²) in [4.78, 5) is 0. The Labute approximate surface area is 107 Å². The summed E-state index contributed by atoms with van der Waals surface area (Å²) in [6.07, 6.45) is 4.31. The van der Waals surface area contributed by atoms with E-state index in [-0.39, 0.29) is 5.25 Å². The van der Waals surface area contributed by atoms with E-state index >= 15 is 0 Å². The topological polar surface area (TPSA) is 46.2 Å². The van der Waals surface area contributed by atoms with Gasteiger partial charge in [0.1, 0.15) is 0 Å². The lowest BCUT2D eigenvalue weighted by Gasteiger charge is -2.14. The number of unbranched alkanes of at least 4 members (excludes halogenated alkanes) is 2. The van der Waals surface area contributed by atoms with E-state index in [1.54, 1.807) is 0 Å². The minimum atomic E-state index is -2.91. The summed E-state index contributed by atoms with van der Waals surface area (Å²) in [5.74, 6) is 0.775. The van der Waals surface area contributed by atoms with Crippen LogP contribution >= 0.6 is 0 Å². The Hall–Kier alpha value is -0.0900. The highest BCUT2D eigenvalue weighted by Crippen LogP contribution is 2.08. The van der Waals surface area contributed by atoms with Crippen LogP contribution in [0.4, 0.5) is 0 Å². The molecule has 0 spiro atoms. The van der Waals surface area contributed by atoms with Crippen LogP contribution in [0.3, 0.4) is 0 Å². The van der Waals surface area contributed by atoms with Gasteiger partial charge in [-0.05, 0) is 32.2 Å². The average molecular weight is 263 g/mol. The highest BCUT2D eigenvalue weighted by Gasteiger charge is 2.20. The molecule has 0 aromatic heterocycles. The summed E-state index contributed by atoms with van der Waals surface area (Å²) in [6, 6.07) is 0. The van der Waals surface area contributed by atoms with Gasteiger partial charge in [-0.3, -0.25) is 0 Å². The summed E-state index contributed by atoms with van der Waals surface area (Å²) in [6.45, 7) is 9.61. The number of rotatable bonds is 10. The largest absolute Gasteiger partial charge is 0.315 e. The molecule has 0 aromatic carbocycles. The zero-order valence-corrected chi connectivity index (χ0v) is 12.6. The summed E-state index contributed by atoms with van der Waals surface area (Å²) in [7, 11) is -2.91. The summed E-state index contributed by atoms with van der Waals surface area (Å²) in [5, 5.41) is 2.97. The molecule has 1 atom stereocenters. The fourth-order valence-corrected chi connectivity index (χ4v) is 3.11. The van der Waals surface area contributed by atoms with Crippen molar-refractivity contribution < 1.29 is 8.42 Å². The molecule has 17 heavy (non-hydrogen) atoms. The first-order chi connectivity index (χ1) is 7.90. The minimum Gasteiger partial charge on any atom is -0.315 e. The number of nitrogens with one attached hydrogen (secondary N) is 1. The smallest absolute Gasteiger partial charge is 0.154 e. The SMILES string of the molecule is CCCCCNCC(C)S(=O)(=O)CCC(C)C. The molecular weight excluding hydrogens is 234 g/mol. The Balaban J connectivity index is 3.83. The van der Waals surface area contributed by atoms with Gasteiger partial charge in [-0.25, -0.2) is 8.42 Å². The maximum atomic E-state index is 11.9. The molecule has 0 aliphatic rings. The summed E-state index contributed by atoms with van der Waals surface area (Å²) < 4.78 is 23.8. The van der Waals surface area contributed by atoms with E-state index in [0.29, 0.717) is 18.2 Å². The van der Waals surface area contributed by atoms with Gasteiger partial charge < -0.3 is 5.32 Å². The van der Waals surface area contributed by atoms with E-state index in [2.05, 4.69) is 26.1 Å². The van der Waals surface area contributed by atoms with E-state index < -0.39 is 9.84 Å². The third kappa shape index (κ3) is 8.61. The molecule has 0 heterocycles. The quantitative estimate of drug-likeness (QED) is 0.616. The molecule has 4 heteroatoms. The highest BCUT2D eigenvalue weighted by atomic mass is 32.2. The maximum absolute atomic E-state index is 11.9. The molecule has 0 amide bonds. The molecular formula is C13H29NO2S. The van der Waals surface area contributed by atoms with Crippen molar-refractivity contribution in [3.05, 3.63) is 0 Å². The van der Waals surface area contributed by atoms with Gasteiger partial charge in [-0.15, -0.1) is 0 Å². The van der Waals surface area contributed by atoms with Crippen LogP contribution in [0.2, 0.25) is 0 Å². The number of sulfone groups is 1. The molecule has 0 aliphatic carbocycles. The molecule has 0 bridgehead atoms. The first-order valence-corrected chi connectivity index (χ1v) is 8.54.